The van der Waals surface area contributed by atoms with Crippen LogP contribution in [0.5, 0.6) is 0 Å². The fraction of sp³-hybridized carbons (Fsp3) is 0.100. The molecule has 0 saturated carbocycles. The summed E-state index contributed by atoms with van der Waals surface area (Å²) in [6, 6.07) is 0. The summed E-state index contributed by atoms with van der Waals surface area (Å²) in [5.74, 6) is 0. The van der Waals surface area contributed by atoms with Crippen molar-refractivity contribution in [2.24, 2.45) is 0 Å². The van der Waals surface area contributed by atoms with Gasteiger partial charge < -0.3 is 4.57 Å². The molecule has 0 aliphatic heterocycles. The van der Waals surface area contributed by atoms with Crippen LogP contribution in [0.1, 0.15) is 0 Å². The lowest BCUT2D eigenvalue weighted by molar-refractivity contribution is 0.823. The van der Waals surface area contributed by atoms with Crippen LogP contribution in [0.2, 0.25) is 0 Å². The molecule has 0 amide bonds. The Morgan fingerprint density at radius 3 is 2.18 bits per heavy atom. The highest BCUT2D eigenvalue weighted by Gasteiger charge is 2.19. The molecule has 2 nitrogen and oxygen atoms in total. The number of benzene rings is 1. The maximum atomic E-state index is 4.50. The largest absolute Gasteiger partial charge is 0.314 e. The van der Waals surface area contributed by atoms with Gasteiger partial charge in [-0.15, -0.1) is 6.58 Å². The standard InChI is InChI=1S/C10H5Br5N2/c1-2-3-17-9-7(14)5(12)4(11)6(13)8(9)16-10(17)15/h2H,1,3H2. The van der Waals surface area contributed by atoms with E-state index in [1.165, 1.54) is 0 Å². The second kappa shape index (κ2) is 5.45. The zero-order chi connectivity index (χ0) is 12.7. The first kappa shape index (κ1) is 14.2. The van der Waals surface area contributed by atoms with Gasteiger partial charge in [-0.05, 0) is 79.6 Å². The Balaban J connectivity index is 2.96. The SMILES string of the molecule is C=CCn1c(Br)nc2c(Br)c(Br)c(Br)c(Br)c21. The van der Waals surface area contributed by atoms with Crippen molar-refractivity contribution in [2.45, 2.75) is 6.54 Å². The quantitative estimate of drug-likeness (QED) is 0.253. The van der Waals surface area contributed by atoms with Crippen molar-refractivity contribution in [1.29, 1.82) is 0 Å². The molecule has 7 heteroatoms. The molecule has 0 radical (unpaired) electrons. The van der Waals surface area contributed by atoms with Crippen molar-refractivity contribution < 1.29 is 0 Å². The number of allylic oxidation sites excluding steroid dienone is 1. The number of nitrogens with zero attached hydrogens (tertiary/aromatic N) is 2. The Bertz CT molecular complexity index is 617. The Morgan fingerprint density at radius 2 is 1.59 bits per heavy atom. The monoisotopic (exact) mass is 548 g/mol. The summed E-state index contributed by atoms with van der Waals surface area (Å²) < 4.78 is 6.59. The predicted molar refractivity (Wildman–Crippen MR) is 88.4 cm³/mol. The van der Waals surface area contributed by atoms with E-state index in [0.29, 0.717) is 6.54 Å². The molecular weight excluding hydrogens is 548 g/mol. The molecule has 2 aromatic rings. The van der Waals surface area contributed by atoms with Gasteiger partial charge in [0.15, 0.2) is 4.73 Å². The molecular formula is C10H5Br5N2. The molecule has 2 rings (SSSR count). The van der Waals surface area contributed by atoms with Crippen molar-refractivity contribution in [3.63, 3.8) is 0 Å². The van der Waals surface area contributed by atoms with Crippen molar-refractivity contribution in [1.82, 2.24) is 9.55 Å². The summed E-state index contributed by atoms with van der Waals surface area (Å²) in [5.41, 5.74) is 1.90. The average molecular weight is 553 g/mol. The molecule has 1 aromatic heterocycles. The van der Waals surface area contributed by atoms with Gasteiger partial charge in [0.1, 0.15) is 5.52 Å². The highest BCUT2D eigenvalue weighted by molar-refractivity contribution is 9.15. The number of hydrogen-bond acceptors (Lipinski definition) is 1. The van der Waals surface area contributed by atoms with Gasteiger partial charge in [0.25, 0.3) is 0 Å². The van der Waals surface area contributed by atoms with E-state index in [2.05, 4.69) is 91.2 Å². The third-order valence-electron chi connectivity index (χ3n) is 2.23. The molecule has 0 N–H and O–H groups in total. The average Bonchev–Trinajstić information content (AvgIpc) is 2.62. The van der Waals surface area contributed by atoms with Crippen molar-refractivity contribution >= 4 is 90.7 Å². The summed E-state index contributed by atoms with van der Waals surface area (Å²) >= 11 is 17.6. The molecule has 0 fully saturated rings. The second-order valence-electron chi connectivity index (χ2n) is 3.23. The van der Waals surface area contributed by atoms with Gasteiger partial charge in [-0.1, -0.05) is 6.08 Å². The Hall–Kier alpha value is 0.830. The zero-order valence-corrected chi connectivity index (χ0v) is 16.2. The minimum Gasteiger partial charge on any atom is -0.314 e. The number of aromatic nitrogens is 2. The van der Waals surface area contributed by atoms with Crippen LogP contribution < -0.4 is 0 Å². The summed E-state index contributed by atoms with van der Waals surface area (Å²) in [7, 11) is 0. The Labute approximate surface area is 140 Å². The summed E-state index contributed by atoms with van der Waals surface area (Å²) in [6.07, 6.45) is 1.84. The second-order valence-corrected chi connectivity index (χ2v) is 7.11. The van der Waals surface area contributed by atoms with Gasteiger partial charge in [0.2, 0.25) is 0 Å². The minimum absolute atomic E-state index is 0.691. The van der Waals surface area contributed by atoms with E-state index >= 15 is 0 Å². The molecule has 0 aliphatic rings. The van der Waals surface area contributed by atoms with Crippen LogP contribution in [0.25, 0.3) is 11.0 Å². The highest BCUT2D eigenvalue weighted by Crippen LogP contribution is 2.44. The molecule has 17 heavy (non-hydrogen) atoms. The van der Waals surface area contributed by atoms with E-state index in [9.17, 15) is 0 Å². The fourth-order valence-corrected chi connectivity index (χ4v) is 4.38. The summed E-state index contributed by atoms with van der Waals surface area (Å²) in [5, 5.41) is 0. The van der Waals surface area contributed by atoms with E-state index in [-0.39, 0.29) is 0 Å². The van der Waals surface area contributed by atoms with Crippen LogP contribution in [-0.4, -0.2) is 9.55 Å². The first-order chi connectivity index (χ1) is 7.99. The number of hydrogen-bond donors (Lipinski definition) is 0. The number of fused-ring (bicyclic) bond motifs is 1. The third kappa shape index (κ3) is 2.33. The van der Waals surface area contributed by atoms with Gasteiger partial charge in [0, 0.05) is 15.5 Å². The first-order valence-electron chi connectivity index (χ1n) is 4.47. The van der Waals surface area contributed by atoms with Gasteiger partial charge in [0.05, 0.1) is 14.5 Å². The molecule has 0 spiro atoms. The minimum atomic E-state index is 0.691. The topological polar surface area (TPSA) is 17.8 Å². The molecule has 90 valence electrons. The molecule has 0 atom stereocenters. The van der Waals surface area contributed by atoms with Crippen LogP contribution >= 0.6 is 79.6 Å². The highest BCUT2D eigenvalue weighted by atomic mass is 79.9. The van der Waals surface area contributed by atoms with Crippen molar-refractivity contribution in [3.05, 3.63) is 35.3 Å². The van der Waals surface area contributed by atoms with Crippen LogP contribution in [0.15, 0.2) is 35.3 Å². The van der Waals surface area contributed by atoms with Crippen LogP contribution in [0, 0.1) is 0 Å². The van der Waals surface area contributed by atoms with Crippen LogP contribution in [-0.2, 0) is 6.54 Å². The van der Waals surface area contributed by atoms with Crippen LogP contribution in [0.3, 0.4) is 0 Å². The Morgan fingerprint density at radius 1 is 1.00 bits per heavy atom. The van der Waals surface area contributed by atoms with E-state index in [4.69, 9.17) is 0 Å². The number of rotatable bonds is 2. The van der Waals surface area contributed by atoms with Gasteiger partial charge >= 0.3 is 0 Å². The third-order valence-corrected chi connectivity index (χ3v) is 7.56. The molecule has 1 aromatic carbocycles. The first-order valence-corrected chi connectivity index (χ1v) is 8.44. The zero-order valence-electron chi connectivity index (χ0n) is 8.28. The summed E-state index contributed by atoms with van der Waals surface area (Å²) in [6.45, 7) is 4.45. The van der Waals surface area contributed by atoms with E-state index < -0.39 is 0 Å². The van der Waals surface area contributed by atoms with E-state index in [1.54, 1.807) is 0 Å². The lowest BCUT2D eigenvalue weighted by atomic mass is 10.3. The van der Waals surface area contributed by atoms with Gasteiger partial charge in [-0.3, -0.25) is 0 Å². The van der Waals surface area contributed by atoms with E-state index in [1.807, 2.05) is 10.6 Å². The molecule has 0 bridgehead atoms. The van der Waals surface area contributed by atoms with E-state index in [0.717, 1.165) is 33.7 Å². The smallest absolute Gasteiger partial charge is 0.178 e. The maximum absolute atomic E-state index is 4.50. The molecule has 0 unspecified atom stereocenters. The lowest BCUT2D eigenvalue weighted by Gasteiger charge is -2.08. The summed E-state index contributed by atoms with van der Waals surface area (Å²) in [4.78, 5) is 4.50. The number of imidazole rings is 1. The van der Waals surface area contributed by atoms with Crippen molar-refractivity contribution in [2.75, 3.05) is 0 Å². The molecule has 0 aliphatic carbocycles. The fourth-order valence-electron chi connectivity index (χ4n) is 1.50. The van der Waals surface area contributed by atoms with Gasteiger partial charge in [-0.2, -0.15) is 0 Å². The molecule has 1 heterocycles. The lowest BCUT2D eigenvalue weighted by Crippen LogP contribution is -1.96. The number of halogens is 5. The Kier molecular flexibility index (Phi) is 4.56. The van der Waals surface area contributed by atoms with Crippen molar-refractivity contribution in [3.8, 4) is 0 Å². The van der Waals surface area contributed by atoms with Crippen LogP contribution in [0.4, 0.5) is 0 Å². The normalized spacial score (nSPS) is 11.1. The maximum Gasteiger partial charge on any atom is 0.178 e. The van der Waals surface area contributed by atoms with Gasteiger partial charge in [-0.25, -0.2) is 4.98 Å². The molecule has 0 saturated heterocycles. The predicted octanol–water partition coefficient (Wildman–Crippen LogP) is 6.03.